The minimum Gasteiger partial charge on any atom is -0.313 e. The normalized spacial score (nSPS) is 33.9. The summed E-state index contributed by atoms with van der Waals surface area (Å²) >= 11 is 0. The smallest absolute Gasteiger partial charge is 0.0305 e. The van der Waals surface area contributed by atoms with E-state index in [4.69, 9.17) is 0 Å². The van der Waals surface area contributed by atoms with E-state index in [1.807, 2.05) is 0 Å². The van der Waals surface area contributed by atoms with Gasteiger partial charge in [-0.3, -0.25) is 0 Å². The fourth-order valence-electron chi connectivity index (χ4n) is 3.32. The molecule has 0 aromatic carbocycles. The number of likely N-dealkylation sites (N-methyl/N-ethyl adjacent to an activating group) is 1. The summed E-state index contributed by atoms with van der Waals surface area (Å²) in [6.07, 6.45) is 12.3. The fourth-order valence-corrected chi connectivity index (χ4v) is 3.32. The summed E-state index contributed by atoms with van der Waals surface area (Å²) in [6, 6.07) is 0.694. The Labute approximate surface area is 94.3 Å². The van der Waals surface area contributed by atoms with Crippen LogP contribution in [0.25, 0.3) is 0 Å². The molecule has 86 valence electrons. The number of allylic oxidation sites excluding steroid dienone is 1. The van der Waals surface area contributed by atoms with E-state index < -0.39 is 0 Å². The second-order valence-electron chi connectivity index (χ2n) is 5.46. The summed E-state index contributed by atoms with van der Waals surface area (Å²) in [4.78, 5) is 0. The van der Waals surface area contributed by atoms with Crippen molar-refractivity contribution in [2.75, 3.05) is 7.05 Å². The Hall–Kier alpha value is -0.300. The first-order valence-electron chi connectivity index (χ1n) is 6.67. The van der Waals surface area contributed by atoms with E-state index in [9.17, 15) is 0 Å². The van der Waals surface area contributed by atoms with Gasteiger partial charge in [0.05, 0.1) is 0 Å². The molecule has 2 aliphatic rings. The molecule has 1 N–H and O–H groups in total. The number of hydrogen-bond donors (Lipinski definition) is 1. The van der Waals surface area contributed by atoms with Crippen LogP contribution in [0.2, 0.25) is 0 Å². The third-order valence-electron chi connectivity index (χ3n) is 4.32. The molecule has 1 fully saturated rings. The zero-order valence-corrected chi connectivity index (χ0v) is 10.3. The molecule has 1 saturated carbocycles. The van der Waals surface area contributed by atoms with Gasteiger partial charge in [-0.2, -0.15) is 0 Å². The molecule has 1 nitrogen and oxygen atoms in total. The van der Waals surface area contributed by atoms with Crippen molar-refractivity contribution in [3.8, 4) is 0 Å². The highest BCUT2D eigenvalue weighted by atomic mass is 14.9. The van der Waals surface area contributed by atoms with E-state index in [1.54, 1.807) is 5.57 Å². The van der Waals surface area contributed by atoms with Crippen molar-refractivity contribution in [1.29, 1.82) is 0 Å². The van der Waals surface area contributed by atoms with Crippen LogP contribution in [-0.4, -0.2) is 13.1 Å². The Morgan fingerprint density at radius 3 is 2.53 bits per heavy atom. The van der Waals surface area contributed by atoms with Gasteiger partial charge < -0.3 is 5.32 Å². The SMILES string of the molecule is CNC(C1=CCCC1)C1CCC(C)CC1. The van der Waals surface area contributed by atoms with Crippen LogP contribution in [0.1, 0.15) is 51.9 Å². The molecule has 0 aromatic rings. The van der Waals surface area contributed by atoms with Gasteiger partial charge in [-0.25, -0.2) is 0 Å². The monoisotopic (exact) mass is 207 g/mol. The van der Waals surface area contributed by atoms with E-state index in [2.05, 4.69) is 25.4 Å². The number of hydrogen-bond acceptors (Lipinski definition) is 1. The van der Waals surface area contributed by atoms with Gasteiger partial charge in [-0.1, -0.05) is 31.4 Å². The zero-order chi connectivity index (χ0) is 10.7. The fraction of sp³-hybridized carbons (Fsp3) is 0.857. The van der Waals surface area contributed by atoms with Crippen LogP contribution in [-0.2, 0) is 0 Å². The summed E-state index contributed by atoms with van der Waals surface area (Å²) in [5.41, 5.74) is 1.71. The summed E-state index contributed by atoms with van der Waals surface area (Å²) in [6.45, 7) is 2.40. The quantitative estimate of drug-likeness (QED) is 0.698. The molecule has 0 amide bonds. The first kappa shape index (κ1) is 11.2. The summed E-state index contributed by atoms with van der Waals surface area (Å²) in [5, 5.41) is 3.56. The van der Waals surface area contributed by atoms with Crippen LogP contribution in [0.3, 0.4) is 0 Å². The molecule has 0 bridgehead atoms. The van der Waals surface area contributed by atoms with Gasteiger partial charge in [0.2, 0.25) is 0 Å². The zero-order valence-electron chi connectivity index (χ0n) is 10.3. The summed E-state index contributed by atoms with van der Waals surface area (Å²) in [5.74, 6) is 1.88. The van der Waals surface area contributed by atoms with Gasteiger partial charge in [0, 0.05) is 6.04 Å². The lowest BCUT2D eigenvalue weighted by atomic mass is 9.77. The Morgan fingerprint density at radius 1 is 1.27 bits per heavy atom. The van der Waals surface area contributed by atoms with Crippen LogP contribution in [0.4, 0.5) is 0 Å². The molecule has 15 heavy (non-hydrogen) atoms. The highest BCUT2D eigenvalue weighted by Gasteiger charge is 2.27. The average molecular weight is 207 g/mol. The molecule has 2 rings (SSSR count). The lowest BCUT2D eigenvalue weighted by Gasteiger charge is -2.33. The van der Waals surface area contributed by atoms with Gasteiger partial charge in [-0.15, -0.1) is 0 Å². The molecular formula is C14H25N. The highest BCUT2D eigenvalue weighted by Crippen LogP contribution is 2.35. The molecule has 0 spiro atoms. The molecule has 0 aromatic heterocycles. The van der Waals surface area contributed by atoms with E-state index in [-0.39, 0.29) is 0 Å². The summed E-state index contributed by atoms with van der Waals surface area (Å²) < 4.78 is 0. The van der Waals surface area contributed by atoms with Gasteiger partial charge in [0.1, 0.15) is 0 Å². The van der Waals surface area contributed by atoms with E-state index in [1.165, 1.54) is 44.9 Å². The second-order valence-corrected chi connectivity index (χ2v) is 5.46. The lowest BCUT2D eigenvalue weighted by Crippen LogP contribution is -2.36. The highest BCUT2D eigenvalue weighted by molar-refractivity contribution is 5.16. The van der Waals surface area contributed by atoms with Gasteiger partial charge in [-0.05, 0) is 51.0 Å². The Bertz CT molecular complexity index is 223. The molecule has 1 unspecified atom stereocenters. The van der Waals surface area contributed by atoms with Crippen molar-refractivity contribution in [3.63, 3.8) is 0 Å². The van der Waals surface area contributed by atoms with Crippen LogP contribution in [0, 0.1) is 11.8 Å². The second kappa shape index (κ2) is 5.16. The van der Waals surface area contributed by atoms with Gasteiger partial charge >= 0.3 is 0 Å². The molecule has 0 radical (unpaired) electrons. The molecule has 1 atom stereocenters. The minimum absolute atomic E-state index is 0.694. The largest absolute Gasteiger partial charge is 0.313 e. The van der Waals surface area contributed by atoms with Crippen LogP contribution in [0.5, 0.6) is 0 Å². The van der Waals surface area contributed by atoms with Crippen LogP contribution >= 0.6 is 0 Å². The lowest BCUT2D eigenvalue weighted by molar-refractivity contribution is 0.251. The predicted octanol–water partition coefficient (Wildman–Crippen LogP) is 3.51. The maximum atomic E-state index is 3.56. The van der Waals surface area contributed by atoms with Crippen molar-refractivity contribution in [2.24, 2.45) is 11.8 Å². The van der Waals surface area contributed by atoms with Crippen molar-refractivity contribution in [3.05, 3.63) is 11.6 Å². The Balaban J connectivity index is 1.94. The molecule has 0 aliphatic heterocycles. The number of nitrogens with one attached hydrogen (secondary N) is 1. The Kier molecular flexibility index (Phi) is 3.85. The first-order chi connectivity index (χ1) is 7.31. The topological polar surface area (TPSA) is 12.0 Å². The van der Waals surface area contributed by atoms with E-state index in [0.29, 0.717) is 6.04 Å². The summed E-state index contributed by atoms with van der Waals surface area (Å²) in [7, 11) is 2.14. The molecule has 0 saturated heterocycles. The minimum atomic E-state index is 0.694. The van der Waals surface area contributed by atoms with E-state index >= 15 is 0 Å². The standard InChI is InChI=1S/C14H25N/c1-11-7-9-13(10-8-11)14(15-2)12-5-3-4-6-12/h5,11,13-15H,3-4,6-10H2,1-2H3. The van der Waals surface area contributed by atoms with Gasteiger partial charge in [0.15, 0.2) is 0 Å². The third-order valence-corrected chi connectivity index (χ3v) is 4.32. The van der Waals surface area contributed by atoms with Crippen molar-refractivity contribution in [1.82, 2.24) is 5.32 Å². The van der Waals surface area contributed by atoms with Crippen molar-refractivity contribution in [2.45, 2.75) is 57.9 Å². The maximum absolute atomic E-state index is 3.56. The van der Waals surface area contributed by atoms with Gasteiger partial charge in [0.25, 0.3) is 0 Å². The van der Waals surface area contributed by atoms with Crippen molar-refractivity contribution < 1.29 is 0 Å². The molecule has 0 heterocycles. The Morgan fingerprint density at radius 2 is 2.00 bits per heavy atom. The maximum Gasteiger partial charge on any atom is 0.0305 e. The molecule has 2 aliphatic carbocycles. The van der Waals surface area contributed by atoms with E-state index in [0.717, 1.165) is 11.8 Å². The predicted molar refractivity (Wildman–Crippen MR) is 65.9 cm³/mol. The first-order valence-corrected chi connectivity index (χ1v) is 6.67. The average Bonchev–Trinajstić information content (AvgIpc) is 2.75. The van der Waals surface area contributed by atoms with Crippen LogP contribution in [0.15, 0.2) is 11.6 Å². The van der Waals surface area contributed by atoms with Crippen molar-refractivity contribution >= 4 is 0 Å². The number of rotatable bonds is 3. The third kappa shape index (κ3) is 2.63. The molecule has 1 heteroatoms. The van der Waals surface area contributed by atoms with Crippen LogP contribution < -0.4 is 5.32 Å². The molecular weight excluding hydrogens is 182 g/mol.